The Bertz CT molecular complexity index is 425. The molecule has 1 atom stereocenters. The van der Waals surface area contributed by atoms with Gasteiger partial charge in [0.25, 0.3) is 0 Å². The van der Waals surface area contributed by atoms with E-state index in [1.54, 1.807) is 11.3 Å². The molecule has 1 unspecified atom stereocenters. The van der Waals surface area contributed by atoms with Gasteiger partial charge in [-0.1, -0.05) is 13.0 Å². The van der Waals surface area contributed by atoms with E-state index in [2.05, 4.69) is 46.2 Å². The molecule has 0 fully saturated rings. The zero-order valence-corrected chi connectivity index (χ0v) is 11.6. The third kappa shape index (κ3) is 4.24. The zero-order chi connectivity index (χ0) is 12.6. The summed E-state index contributed by atoms with van der Waals surface area (Å²) in [7, 11) is 0. The van der Waals surface area contributed by atoms with E-state index in [1.165, 1.54) is 17.7 Å². The van der Waals surface area contributed by atoms with Crippen LogP contribution in [0.15, 0.2) is 41.2 Å². The van der Waals surface area contributed by atoms with Gasteiger partial charge < -0.3 is 5.32 Å². The van der Waals surface area contributed by atoms with Crippen LogP contribution >= 0.6 is 11.3 Å². The lowest BCUT2D eigenvalue weighted by Gasteiger charge is -2.17. The molecule has 0 spiro atoms. The van der Waals surface area contributed by atoms with E-state index in [-0.39, 0.29) is 0 Å². The van der Waals surface area contributed by atoms with E-state index in [0.717, 1.165) is 19.4 Å². The SMILES string of the molecule is CCCNC(Cc1ccsc1)Cc1ccccn1. The maximum absolute atomic E-state index is 4.42. The topological polar surface area (TPSA) is 24.9 Å². The molecule has 0 aliphatic heterocycles. The Labute approximate surface area is 113 Å². The first-order valence-corrected chi connectivity index (χ1v) is 7.47. The molecule has 0 aliphatic rings. The van der Waals surface area contributed by atoms with Crippen LogP contribution in [-0.2, 0) is 12.8 Å². The maximum atomic E-state index is 4.42. The number of nitrogens with one attached hydrogen (secondary N) is 1. The highest BCUT2D eigenvalue weighted by atomic mass is 32.1. The molecule has 0 saturated carbocycles. The van der Waals surface area contributed by atoms with E-state index in [1.807, 2.05) is 12.3 Å². The Morgan fingerprint density at radius 1 is 1.28 bits per heavy atom. The summed E-state index contributed by atoms with van der Waals surface area (Å²) in [5.41, 5.74) is 2.59. The van der Waals surface area contributed by atoms with Crippen LogP contribution in [0.1, 0.15) is 24.6 Å². The molecular weight excluding hydrogens is 240 g/mol. The van der Waals surface area contributed by atoms with Crippen molar-refractivity contribution >= 4 is 11.3 Å². The van der Waals surface area contributed by atoms with Gasteiger partial charge >= 0.3 is 0 Å². The summed E-state index contributed by atoms with van der Waals surface area (Å²) in [5.74, 6) is 0. The fourth-order valence-corrected chi connectivity index (χ4v) is 2.71. The van der Waals surface area contributed by atoms with Gasteiger partial charge in [0, 0.05) is 24.4 Å². The first-order valence-electron chi connectivity index (χ1n) is 6.53. The Morgan fingerprint density at radius 3 is 2.89 bits per heavy atom. The van der Waals surface area contributed by atoms with Crippen molar-refractivity contribution in [2.24, 2.45) is 0 Å². The minimum atomic E-state index is 0.481. The minimum absolute atomic E-state index is 0.481. The molecule has 0 saturated heterocycles. The average molecular weight is 260 g/mol. The summed E-state index contributed by atoms with van der Waals surface area (Å²) < 4.78 is 0. The van der Waals surface area contributed by atoms with Crippen molar-refractivity contribution < 1.29 is 0 Å². The van der Waals surface area contributed by atoms with Gasteiger partial charge in [0.15, 0.2) is 0 Å². The molecule has 0 aliphatic carbocycles. The second kappa shape index (κ2) is 7.29. The van der Waals surface area contributed by atoms with Crippen LogP contribution in [0.5, 0.6) is 0 Å². The van der Waals surface area contributed by atoms with Crippen molar-refractivity contribution in [2.75, 3.05) is 6.54 Å². The van der Waals surface area contributed by atoms with Gasteiger partial charge in [-0.05, 0) is 53.9 Å². The van der Waals surface area contributed by atoms with Crippen molar-refractivity contribution in [3.63, 3.8) is 0 Å². The quantitative estimate of drug-likeness (QED) is 0.826. The standard InChI is InChI=1S/C15H20N2S/c1-2-7-16-15(10-13-6-9-18-12-13)11-14-5-3-4-8-17-14/h3-6,8-9,12,15-16H,2,7,10-11H2,1H3. The van der Waals surface area contributed by atoms with Crippen LogP contribution in [0.25, 0.3) is 0 Å². The van der Waals surface area contributed by atoms with Crippen molar-refractivity contribution in [1.29, 1.82) is 0 Å². The molecular formula is C15H20N2S. The summed E-state index contributed by atoms with van der Waals surface area (Å²) in [6.45, 7) is 3.27. The van der Waals surface area contributed by atoms with Gasteiger partial charge in [-0.15, -0.1) is 0 Å². The van der Waals surface area contributed by atoms with Crippen molar-refractivity contribution in [1.82, 2.24) is 10.3 Å². The molecule has 18 heavy (non-hydrogen) atoms. The van der Waals surface area contributed by atoms with E-state index in [9.17, 15) is 0 Å². The number of nitrogens with zero attached hydrogens (tertiary/aromatic N) is 1. The monoisotopic (exact) mass is 260 g/mol. The number of hydrogen-bond acceptors (Lipinski definition) is 3. The summed E-state index contributed by atoms with van der Waals surface area (Å²) in [5, 5.41) is 8.00. The summed E-state index contributed by atoms with van der Waals surface area (Å²) in [6, 6.07) is 8.83. The van der Waals surface area contributed by atoms with Crippen molar-refractivity contribution in [3.05, 3.63) is 52.5 Å². The lowest BCUT2D eigenvalue weighted by atomic mass is 10.0. The number of thiophene rings is 1. The fraction of sp³-hybridized carbons (Fsp3) is 0.400. The van der Waals surface area contributed by atoms with Crippen LogP contribution in [0.2, 0.25) is 0 Å². The Hall–Kier alpha value is -1.19. The molecule has 2 heterocycles. The number of rotatable bonds is 7. The molecule has 0 bridgehead atoms. The van der Waals surface area contributed by atoms with Gasteiger partial charge in [-0.2, -0.15) is 11.3 Å². The number of aromatic nitrogens is 1. The Kier molecular flexibility index (Phi) is 5.36. The second-order valence-electron chi connectivity index (χ2n) is 4.51. The lowest BCUT2D eigenvalue weighted by molar-refractivity contribution is 0.501. The highest BCUT2D eigenvalue weighted by Gasteiger charge is 2.10. The molecule has 0 amide bonds. The number of hydrogen-bond donors (Lipinski definition) is 1. The van der Waals surface area contributed by atoms with Crippen LogP contribution < -0.4 is 5.32 Å². The first-order chi connectivity index (χ1) is 8.88. The highest BCUT2D eigenvalue weighted by molar-refractivity contribution is 7.07. The van der Waals surface area contributed by atoms with Crippen molar-refractivity contribution in [3.8, 4) is 0 Å². The van der Waals surface area contributed by atoms with Gasteiger partial charge in [-0.25, -0.2) is 0 Å². The zero-order valence-electron chi connectivity index (χ0n) is 10.8. The Morgan fingerprint density at radius 2 is 2.22 bits per heavy atom. The molecule has 2 aromatic heterocycles. The van der Waals surface area contributed by atoms with Gasteiger partial charge in [0.05, 0.1) is 0 Å². The van der Waals surface area contributed by atoms with E-state index >= 15 is 0 Å². The van der Waals surface area contributed by atoms with E-state index in [0.29, 0.717) is 6.04 Å². The largest absolute Gasteiger partial charge is 0.313 e. The van der Waals surface area contributed by atoms with Crippen LogP contribution in [0.3, 0.4) is 0 Å². The summed E-state index contributed by atoms with van der Waals surface area (Å²) >= 11 is 1.77. The summed E-state index contributed by atoms with van der Waals surface area (Å²) in [6.07, 6.45) is 5.12. The molecule has 0 aromatic carbocycles. The lowest BCUT2D eigenvalue weighted by Crippen LogP contribution is -2.33. The van der Waals surface area contributed by atoms with Gasteiger partial charge in [0.1, 0.15) is 0 Å². The predicted octanol–water partition coefficient (Wildman–Crippen LogP) is 3.30. The summed E-state index contributed by atoms with van der Waals surface area (Å²) in [4.78, 5) is 4.42. The van der Waals surface area contributed by atoms with E-state index in [4.69, 9.17) is 0 Å². The predicted molar refractivity (Wildman–Crippen MR) is 78.0 cm³/mol. The van der Waals surface area contributed by atoms with E-state index < -0.39 is 0 Å². The van der Waals surface area contributed by atoms with Crippen LogP contribution in [0.4, 0.5) is 0 Å². The minimum Gasteiger partial charge on any atom is -0.313 e. The molecule has 3 heteroatoms. The Balaban J connectivity index is 1.96. The van der Waals surface area contributed by atoms with Gasteiger partial charge in [0.2, 0.25) is 0 Å². The third-order valence-corrected chi connectivity index (χ3v) is 3.66. The second-order valence-corrected chi connectivity index (χ2v) is 5.29. The molecule has 96 valence electrons. The normalized spacial score (nSPS) is 12.5. The van der Waals surface area contributed by atoms with Crippen molar-refractivity contribution in [2.45, 2.75) is 32.2 Å². The van der Waals surface area contributed by atoms with Gasteiger partial charge in [-0.3, -0.25) is 4.98 Å². The van der Waals surface area contributed by atoms with Crippen LogP contribution in [0, 0.1) is 0 Å². The third-order valence-electron chi connectivity index (χ3n) is 2.93. The molecule has 0 radical (unpaired) electrons. The first kappa shape index (κ1) is 13.2. The smallest absolute Gasteiger partial charge is 0.0419 e. The molecule has 2 rings (SSSR count). The van der Waals surface area contributed by atoms with Crippen LogP contribution in [-0.4, -0.2) is 17.6 Å². The molecule has 2 nitrogen and oxygen atoms in total. The molecule has 2 aromatic rings. The highest BCUT2D eigenvalue weighted by Crippen LogP contribution is 2.11. The fourth-order valence-electron chi connectivity index (χ4n) is 2.03. The number of pyridine rings is 1. The molecule has 1 N–H and O–H groups in total. The average Bonchev–Trinajstić information content (AvgIpc) is 2.90. The maximum Gasteiger partial charge on any atom is 0.0419 e.